The first-order valence-electron chi connectivity index (χ1n) is 5.45. The molecule has 4 aliphatic rings. The summed E-state index contributed by atoms with van der Waals surface area (Å²) in [5.41, 5.74) is 0. The van der Waals surface area contributed by atoms with Crippen molar-refractivity contribution in [3.05, 3.63) is 24.3 Å². The third-order valence-electron chi connectivity index (χ3n) is 4.40. The van der Waals surface area contributed by atoms with Crippen LogP contribution in [0.25, 0.3) is 0 Å². The molecule has 6 atom stereocenters. The molecule has 0 spiro atoms. The van der Waals surface area contributed by atoms with Crippen LogP contribution < -0.4 is 0 Å². The number of hydrogen-bond acceptors (Lipinski definition) is 2. The molecule has 0 aromatic carbocycles. The minimum atomic E-state index is 0.216. The molecule has 2 heteroatoms. The van der Waals surface area contributed by atoms with E-state index < -0.39 is 0 Å². The Morgan fingerprint density at radius 2 is 1.00 bits per heavy atom. The van der Waals surface area contributed by atoms with E-state index in [0.717, 1.165) is 0 Å². The van der Waals surface area contributed by atoms with Crippen molar-refractivity contribution in [3.63, 3.8) is 0 Å². The lowest BCUT2D eigenvalue weighted by molar-refractivity contribution is -0.0239. The summed E-state index contributed by atoms with van der Waals surface area (Å²) in [6, 6.07) is 0. The smallest absolute Gasteiger partial charge is 0.0468 e. The van der Waals surface area contributed by atoms with E-state index in [9.17, 15) is 10.2 Å². The van der Waals surface area contributed by atoms with Crippen molar-refractivity contribution in [2.75, 3.05) is 13.2 Å². The van der Waals surface area contributed by atoms with Gasteiger partial charge in [0.1, 0.15) is 0 Å². The van der Waals surface area contributed by atoms with E-state index >= 15 is 0 Å². The Morgan fingerprint density at radius 3 is 1.29 bits per heavy atom. The van der Waals surface area contributed by atoms with Gasteiger partial charge in [0.25, 0.3) is 0 Å². The van der Waals surface area contributed by atoms with Crippen LogP contribution in [0.1, 0.15) is 0 Å². The van der Waals surface area contributed by atoms with Gasteiger partial charge >= 0.3 is 0 Å². The van der Waals surface area contributed by atoms with Crippen LogP contribution in [0.4, 0.5) is 0 Å². The first-order valence-corrected chi connectivity index (χ1v) is 5.45. The number of allylic oxidation sites excluding steroid dienone is 4. The fraction of sp³-hybridized carbons (Fsp3) is 0.667. The molecule has 76 valence electrons. The summed E-state index contributed by atoms with van der Waals surface area (Å²) >= 11 is 0. The van der Waals surface area contributed by atoms with Crippen molar-refractivity contribution in [3.8, 4) is 0 Å². The molecule has 14 heavy (non-hydrogen) atoms. The minimum absolute atomic E-state index is 0.216. The molecule has 0 unspecified atom stereocenters. The molecule has 0 saturated heterocycles. The highest BCUT2D eigenvalue weighted by atomic mass is 16.3. The Kier molecular flexibility index (Phi) is 1.83. The topological polar surface area (TPSA) is 40.5 Å². The average molecular weight is 192 g/mol. The van der Waals surface area contributed by atoms with Gasteiger partial charge in [0.15, 0.2) is 0 Å². The zero-order valence-corrected chi connectivity index (χ0v) is 8.08. The largest absolute Gasteiger partial charge is 0.396 e. The SMILES string of the molecule is OC[C@@H]1[C@H]2C=C[C@@H]([C@@H]3C=C[C@H]32)[C@H]1CO. The number of fused-ring (bicyclic) bond motifs is 1. The van der Waals surface area contributed by atoms with Crippen molar-refractivity contribution >= 4 is 0 Å². The molecule has 0 aliphatic heterocycles. The Morgan fingerprint density at radius 1 is 0.643 bits per heavy atom. The maximum absolute atomic E-state index is 9.37. The summed E-state index contributed by atoms with van der Waals surface area (Å²) < 4.78 is 0. The van der Waals surface area contributed by atoms with E-state index in [-0.39, 0.29) is 25.0 Å². The molecule has 4 rings (SSSR count). The third kappa shape index (κ3) is 0.882. The number of aliphatic hydroxyl groups is 2. The van der Waals surface area contributed by atoms with E-state index in [1.54, 1.807) is 0 Å². The molecule has 0 amide bonds. The van der Waals surface area contributed by atoms with Crippen molar-refractivity contribution in [2.24, 2.45) is 35.5 Å². The summed E-state index contributed by atoms with van der Waals surface area (Å²) in [4.78, 5) is 0. The van der Waals surface area contributed by atoms with E-state index in [1.807, 2.05) is 0 Å². The van der Waals surface area contributed by atoms with Gasteiger partial charge in [-0.05, 0) is 35.5 Å². The van der Waals surface area contributed by atoms with Crippen LogP contribution in [-0.2, 0) is 0 Å². The first kappa shape index (κ1) is 8.69. The summed E-state index contributed by atoms with van der Waals surface area (Å²) in [5.74, 6) is 2.78. The maximum Gasteiger partial charge on any atom is 0.0468 e. The van der Waals surface area contributed by atoms with Gasteiger partial charge in [-0.15, -0.1) is 0 Å². The summed E-state index contributed by atoms with van der Waals surface area (Å²) in [7, 11) is 0. The highest BCUT2D eigenvalue weighted by molar-refractivity contribution is 5.27. The van der Waals surface area contributed by atoms with Crippen molar-refractivity contribution in [1.29, 1.82) is 0 Å². The minimum Gasteiger partial charge on any atom is -0.396 e. The standard InChI is InChI=1S/C12H16O2/c13-5-11-9-3-4-10(12(11)6-14)8-2-1-7(8)9/h1-4,7-14H,5-6H2/t7-,8-,9+,10+,11-,12-/m1/s1. The molecular formula is C12H16O2. The predicted octanol–water partition coefficient (Wildman–Crippen LogP) is 0.821. The van der Waals surface area contributed by atoms with Crippen molar-refractivity contribution < 1.29 is 10.2 Å². The van der Waals surface area contributed by atoms with E-state index in [4.69, 9.17) is 0 Å². The van der Waals surface area contributed by atoms with Crippen LogP contribution in [0.2, 0.25) is 0 Å². The maximum atomic E-state index is 9.37. The Hall–Kier alpha value is -0.600. The molecule has 4 aliphatic carbocycles. The van der Waals surface area contributed by atoms with Gasteiger partial charge in [-0.3, -0.25) is 0 Å². The van der Waals surface area contributed by atoms with Gasteiger partial charge in [0, 0.05) is 13.2 Å². The Balaban J connectivity index is 1.96. The van der Waals surface area contributed by atoms with E-state index in [2.05, 4.69) is 24.3 Å². The van der Waals surface area contributed by atoms with Gasteiger partial charge in [0.05, 0.1) is 0 Å². The van der Waals surface area contributed by atoms with Gasteiger partial charge < -0.3 is 10.2 Å². The molecule has 2 bridgehead atoms. The van der Waals surface area contributed by atoms with Crippen LogP contribution in [0.5, 0.6) is 0 Å². The monoisotopic (exact) mass is 192 g/mol. The average Bonchev–Trinajstić information content (AvgIpc) is 2.16. The Labute approximate surface area is 83.9 Å². The lowest BCUT2D eigenvalue weighted by Gasteiger charge is -2.55. The van der Waals surface area contributed by atoms with Crippen LogP contribution >= 0.6 is 0 Å². The van der Waals surface area contributed by atoms with Crippen LogP contribution in [0, 0.1) is 35.5 Å². The fourth-order valence-corrected chi connectivity index (χ4v) is 3.59. The molecule has 1 saturated carbocycles. The second-order valence-corrected chi connectivity index (χ2v) is 4.77. The Bertz CT molecular complexity index is 267. The first-order chi connectivity index (χ1) is 6.86. The van der Waals surface area contributed by atoms with E-state index in [1.165, 1.54) is 0 Å². The summed E-state index contributed by atoms with van der Waals surface area (Å²) in [6.45, 7) is 0.432. The summed E-state index contributed by atoms with van der Waals surface area (Å²) in [5, 5.41) is 18.7. The molecule has 0 heterocycles. The zero-order chi connectivity index (χ0) is 9.71. The molecule has 1 fully saturated rings. The van der Waals surface area contributed by atoms with Crippen LogP contribution in [-0.4, -0.2) is 23.4 Å². The zero-order valence-electron chi connectivity index (χ0n) is 8.08. The second kappa shape index (κ2) is 2.94. The lowest BCUT2D eigenvalue weighted by atomic mass is 9.50. The molecular weight excluding hydrogens is 176 g/mol. The number of aliphatic hydroxyl groups excluding tert-OH is 2. The van der Waals surface area contributed by atoms with Crippen LogP contribution in [0.15, 0.2) is 24.3 Å². The van der Waals surface area contributed by atoms with Gasteiger partial charge in [-0.1, -0.05) is 24.3 Å². The lowest BCUT2D eigenvalue weighted by Crippen LogP contribution is -2.52. The van der Waals surface area contributed by atoms with Crippen LogP contribution in [0.3, 0.4) is 0 Å². The fourth-order valence-electron chi connectivity index (χ4n) is 3.59. The molecule has 0 aromatic rings. The molecule has 2 nitrogen and oxygen atoms in total. The number of hydrogen-bond donors (Lipinski definition) is 2. The predicted molar refractivity (Wildman–Crippen MR) is 53.4 cm³/mol. The highest BCUT2D eigenvalue weighted by Crippen LogP contribution is 2.55. The van der Waals surface area contributed by atoms with Gasteiger partial charge in [0.2, 0.25) is 0 Å². The molecule has 0 aromatic heterocycles. The van der Waals surface area contributed by atoms with Gasteiger partial charge in [-0.25, -0.2) is 0 Å². The normalized spacial score (nSPS) is 53.0. The third-order valence-corrected chi connectivity index (χ3v) is 4.40. The molecule has 0 radical (unpaired) electrons. The summed E-state index contributed by atoms with van der Waals surface area (Å²) in [6.07, 6.45) is 9.04. The van der Waals surface area contributed by atoms with Crippen molar-refractivity contribution in [1.82, 2.24) is 0 Å². The number of rotatable bonds is 2. The van der Waals surface area contributed by atoms with Crippen molar-refractivity contribution in [2.45, 2.75) is 0 Å². The van der Waals surface area contributed by atoms with E-state index in [0.29, 0.717) is 23.7 Å². The highest BCUT2D eigenvalue weighted by Gasteiger charge is 2.51. The molecule has 2 N–H and O–H groups in total. The second-order valence-electron chi connectivity index (χ2n) is 4.77. The quantitative estimate of drug-likeness (QED) is 0.636. The van der Waals surface area contributed by atoms with Gasteiger partial charge in [-0.2, -0.15) is 0 Å².